The maximum absolute atomic E-state index is 2.34. The average molecular weight is 249 g/mol. The van der Waals surface area contributed by atoms with Gasteiger partial charge in [-0.1, -0.05) is 0 Å². The van der Waals surface area contributed by atoms with Gasteiger partial charge in [-0.3, -0.25) is 0 Å². The first-order chi connectivity index (χ1) is 6.40. The van der Waals surface area contributed by atoms with E-state index >= 15 is 0 Å². The van der Waals surface area contributed by atoms with E-state index in [4.69, 9.17) is 0 Å². The first kappa shape index (κ1) is 9.40. The van der Waals surface area contributed by atoms with Crippen LogP contribution in [0.15, 0.2) is 42.5 Å². The third kappa shape index (κ3) is 2.20. The summed E-state index contributed by atoms with van der Waals surface area (Å²) in [6.45, 7) is 2.27. The second-order valence-corrected chi connectivity index (χ2v) is 7.09. The van der Waals surface area contributed by atoms with Crippen LogP contribution >= 0.6 is 0 Å². The molecule has 1 heteroatoms. The average Bonchev–Trinajstić information content (AvgIpc) is 2.76. The molecule has 13 heavy (non-hydrogen) atoms. The molecule has 0 unspecified atom stereocenters. The molecule has 0 saturated heterocycles. The molecule has 0 aromatic carbocycles. The van der Waals surface area contributed by atoms with Gasteiger partial charge in [-0.25, -0.2) is 0 Å². The summed E-state index contributed by atoms with van der Waals surface area (Å²) in [7, 11) is 0. The Bertz CT molecular complexity index is 316. The number of hydrogen-bond donors (Lipinski definition) is 0. The molecule has 2 aliphatic carbocycles. The second-order valence-electron chi connectivity index (χ2n) is 3.41. The van der Waals surface area contributed by atoms with Gasteiger partial charge in [-0.15, -0.1) is 0 Å². The second kappa shape index (κ2) is 4.37. The van der Waals surface area contributed by atoms with E-state index in [1.54, 1.807) is 12.1 Å². The fourth-order valence-electron chi connectivity index (χ4n) is 1.75. The summed E-state index contributed by atoms with van der Waals surface area (Å²) in [5.41, 5.74) is 1.64. The van der Waals surface area contributed by atoms with Gasteiger partial charge in [0.25, 0.3) is 0 Å². The normalized spacial score (nSPS) is 19.9. The van der Waals surface area contributed by atoms with Crippen molar-refractivity contribution >= 4 is 0 Å². The van der Waals surface area contributed by atoms with Crippen LogP contribution in [-0.4, -0.2) is 0 Å². The van der Waals surface area contributed by atoms with Crippen molar-refractivity contribution in [3.8, 4) is 0 Å². The molecule has 0 aliphatic heterocycles. The zero-order chi connectivity index (χ0) is 9.10. The zero-order valence-corrected chi connectivity index (χ0v) is 10.5. The van der Waals surface area contributed by atoms with Gasteiger partial charge in [0.15, 0.2) is 0 Å². The molecule has 0 heterocycles. The molecule has 0 aromatic heterocycles. The Balaban J connectivity index is 2.02. The van der Waals surface area contributed by atoms with Crippen LogP contribution in [0.3, 0.4) is 0 Å². The van der Waals surface area contributed by atoms with Crippen molar-refractivity contribution in [1.82, 2.24) is 0 Å². The van der Waals surface area contributed by atoms with Gasteiger partial charge < -0.3 is 0 Å². The van der Waals surface area contributed by atoms with Crippen LogP contribution in [0.4, 0.5) is 0 Å². The minimum atomic E-state index is -0.364. The summed E-state index contributed by atoms with van der Waals surface area (Å²) in [6.07, 6.45) is 15.2. The Morgan fingerprint density at radius 1 is 1.31 bits per heavy atom. The van der Waals surface area contributed by atoms with E-state index in [0.717, 1.165) is 0 Å². The van der Waals surface area contributed by atoms with Crippen LogP contribution in [0.1, 0.15) is 26.2 Å². The molecule has 0 N–H and O–H groups in total. The van der Waals surface area contributed by atoms with E-state index in [0.29, 0.717) is 0 Å². The van der Waals surface area contributed by atoms with E-state index in [9.17, 15) is 0 Å². The molecule has 66 valence electrons. The van der Waals surface area contributed by atoms with Crippen molar-refractivity contribution in [2.24, 2.45) is 0 Å². The van der Waals surface area contributed by atoms with Crippen LogP contribution in [0, 0.1) is 0 Å². The van der Waals surface area contributed by atoms with E-state index in [1.165, 1.54) is 19.3 Å². The molecule has 0 nitrogen and oxygen atoms in total. The molecule has 0 saturated carbocycles. The summed E-state index contributed by atoms with van der Waals surface area (Å²) in [5, 5.41) is 0. The molecule has 0 atom stereocenters. The van der Waals surface area contributed by atoms with E-state index in [1.807, 2.05) is 0 Å². The third-order valence-electron chi connectivity index (χ3n) is 2.49. The maximum atomic E-state index is 2.34. The molecule has 0 aromatic rings. The minimum absolute atomic E-state index is 0.364. The van der Waals surface area contributed by atoms with Crippen molar-refractivity contribution < 1.29 is 23.2 Å². The zero-order valence-electron chi connectivity index (χ0n) is 8.01. The topological polar surface area (TPSA) is 0 Å². The monoisotopic (exact) mass is 248 g/mol. The van der Waals surface area contributed by atoms with Crippen LogP contribution in [0.25, 0.3) is 0 Å². The van der Waals surface area contributed by atoms with Gasteiger partial charge in [0, 0.05) is 0 Å². The van der Waals surface area contributed by atoms with Gasteiger partial charge >= 0.3 is 91.9 Å². The van der Waals surface area contributed by atoms with Crippen molar-refractivity contribution in [2.45, 2.75) is 26.2 Å². The molecular formula is C12H14Zr. The first-order valence-electron chi connectivity index (χ1n) is 4.91. The Morgan fingerprint density at radius 3 is 2.92 bits per heavy atom. The van der Waals surface area contributed by atoms with Crippen LogP contribution in [0.5, 0.6) is 0 Å². The summed E-state index contributed by atoms with van der Waals surface area (Å²) in [5.74, 6) is 0. The van der Waals surface area contributed by atoms with Gasteiger partial charge in [-0.2, -0.15) is 0 Å². The molecule has 0 spiro atoms. The Hall–Kier alpha value is -0.157. The predicted octanol–water partition coefficient (Wildman–Crippen LogP) is 3.54. The van der Waals surface area contributed by atoms with E-state index in [-0.39, 0.29) is 23.2 Å². The van der Waals surface area contributed by atoms with Crippen molar-refractivity contribution in [2.75, 3.05) is 0 Å². The Morgan fingerprint density at radius 2 is 2.23 bits per heavy atom. The van der Waals surface area contributed by atoms with Gasteiger partial charge in [0.05, 0.1) is 0 Å². The summed E-state index contributed by atoms with van der Waals surface area (Å²) < 4.78 is 3.55. The van der Waals surface area contributed by atoms with Crippen LogP contribution in [0.2, 0.25) is 0 Å². The number of rotatable bonds is 3. The van der Waals surface area contributed by atoms with Crippen molar-refractivity contribution in [1.29, 1.82) is 0 Å². The summed E-state index contributed by atoms with van der Waals surface area (Å²) in [6, 6.07) is 0. The Labute approximate surface area is 91.7 Å². The van der Waals surface area contributed by atoms with Gasteiger partial charge in [0.1, 0.15) is 0 Å². The SMILES string of the molecule is CCC1=[C]([Zr][C]2=CC=CC2)CC=C1. The molecule has 2 rings (SSSR count). The first-order valence-corrected chi connectivity index (χ1v) is 7.37. The predicted molar refractivity (Wildman–Crippen MR) is 52.9 cm³/mol. The van der Waals surface area contributed by atoms with Crippen molar-refractivity contribution in [3.63, 3.8) is 0 Å². The fraction of sp³-hybridized carbons (Fsp3) is 0.333. The van der Waals surface area contributed by atoms with Crippen LogP contribution < -0.4 is 0 Å². The van der Waals surface area contributed by atoms with Gasteiger partial charge in [-0.05, 0) is 0 Å². The number of allylic oxidation sites excluding steroid dienone is 8. The summed E-state index contributed by atoms with van der Waals surface area (Å²) >= 11 is -0.364. The quantitative estimate of drug-likeness (QED) is 0.718. The molecule has 0 amide bonds. The van der Waals surface area contributed by atoms with E-state index < -0.39 is 0 Å². The van der Waals surface area contributed by atoms with E-state index in [2.05, 4.69) is 37.3 Å². The third-order valence-corrected chi connectivity index (χ3v) is 6.23. The molecule has 0 bridgehead atoms. The molecule has 2 aliphatic rings. The standard InChI is InChI=1S/C7H9.C5H5.Zr/c1-2-7-5-3-4-6-7;1-2-4-5-3-1;/h3,5H,2,4H2,1H3;1-3H,4H2;. The Kier molecular flexibility index (Phi) is 3.16. The summed E-state index contributed by atoms with van der Waals surface area (Å²) in [4.78, 5) is 0. The van der Waals surface area contributed by atoms with Crippen LogP contribution in [-0.2, 0) is 23.2 Å². The molecular weight excluding hydrogens is 235 g/mol. The van der Waals surface area contributed by atoms with Crippen molar-refractivity contribution in [3.05, 3.63) is 42.5 Å². The molecule has 0 fully saturated rings. The van der Waals surface area contributed by atoms with Gasteiger partial charge in [0.2, 0.25) is 0 Å². The molecule has 0 radical (unpaired) electrons. The number of hydrogen-bond acceptors (Lipinski definition) is 0. The fourth-order valence-corrected chi connectivity index (χ4v) is 5.26.